The number of hydrogen-bond acceptors (Lipinski definition) is 4. The molecule has 4 nitrogen and oxygen atoms in total. The molecule has 0 aromatic rings. The molecule has 1 aliphatic rings. The van der Waals surface area contributed by atoms with Crippen LogP contribution in [0.4, 0.5) is 0 Å². The molecule has 0 unspecified atom stereocenters. The highest BCUT2D eigenvalue weighted by atomic mass is 16.3. The van der Waals surface area contributed by atoms with E-state index >= 15 is 0 Å². The summed E-state index contributed by atoms with van der Waals surface area (Å²) in [6, 6.07) is 0. The van der Waals surface area contributed by atoms with Gasteiger partial charge in [0.05, 0.1) is 6.61 Å². The minimum atomic E-state index is -0.651. The van der Waals surface area contributed by atoms with Gasteiger partial charge in [-0.2, -0.15) is 0 Å². The lowest BCUT2D eigenvalue weighted by Crippen LogP contribution is -2.29. The SMILES string of the molecule is OC[C@H]1CN[C@H](O)[C@H]1CO. The molecule has 1 fully saturated rings. The van der Waals surface area contributed by atoms with Crippen molar-refractivity contribution < 1.29 is 15.3 Å². The van der Waals surface area contributed by atoms with E-state index in [0.29, 0.717) is 6.54 Å². The van der Waals surface area contributed by atoms with Gasteiger partial charge in [-0.3, -0.25) is 5.32 Å². The molecule has 3 atom stereocenters. The van der Waals surface area contributed by atoms with E-state index in [1.807, 2.05) is 0 Å². The Kier molecular flexibility index (Phi) is 2.62. The van der Waals surface area contributed by atoms with E-state index in [1.54, 1.807) is 0 Å². The quantitative estimate of drug-likeness (QED) is 0.369. The van der Waals surface area contributed by atoms with Gasteiger partial charge in [-0.25, -0.2) is 0 Å². The van der Waals surface area contributed by atoms with Gasteiger partial charge < -0.3 is 15.3 Å². The molecular weight excluding hydrogens is 134 g/mol. The van der Waals surface area contributed by atoms with E-state index in [4.69, 9.17) is 15.3 Å². The third-order valence-electron chi connectivity index (χ3n) is 2.05. The van der Waals surface area contributed by atoms with Crippen molar-refractivity contribution in [3.05, 3.63) is 0 Å². The Balaban J connectivity index is 2.45. The molecule has 0 aliphatic carbocycles. The molecule has 0 amide bonds. The molecule has 1 aliphatic heterocycles. The summed E-state index contributed by atoms with van der Waals surface area (Å²) in [4.78, 5) is 0. The van der Waals surface area contributed by atoms with E-state index in [0.717, 1.165) is 0 Å². The van der Waals surface area contributed by atoms with Crippen LogP contribution in [0.1, 0.15) is 0 Å². The molecule has 4 heteroatoms. The number of aliphatic hydroxyl groups excluding tert-OH is 3. The van der Waals surface area contributed by atoms with Crippen molar-refractivity contribution in [2.24, 2.45) is 11.8 Å². The standard InChI is InChI=1S/C6H13NO3/c8-2-4-1-7-6(10)5(4)3-9/h4-10H,1-3H2/t4-,5+,6-/m1/s1. The molecule has 0 bridgehead atoms. The van der Waals surface area contributed by atoms with Crippen LogP contribution in [0.3, 0.4) is 0 Å². The third-order valence-corrected chi connectivity index (χ3v) is 2.05. The van der Waals surface area contributed by atoms with E-state index in [-0.39, 0.29) is 25.0 Å². The van der Waals surface area contributed by atoms with E-state index in [1.165, 1.54) is 0 Å². The van der Waals surface area contributed by atoms with Gasteiger partial charge in [-0.05, 0) is 0 Å². The van der Waals surface area contributed by atoms with Crippen LogP contribution in [-0.4, -0.2) is 41.3 Å². The number of aliphatic hydroxyl groups is 3. The van der Waals surface area contributed by atoms with Crippen LogP contribution in [0.2, 0.25) is 0 Å². The summed E-state index contributed by atoms with van der Waals surface area (Å²) in [5, 5.41) is 29.3. The Morgan fingerprint density at radius 2 is 2.00 bits per heavy atom. The Morgan fingerprint density at radius 1 is 1.30 bits per heavy atom. The predicted molar refractivity (Wildman–Crippen MR) is 35.2 cm³/mol. The topological polar surface area (TPSA) is 72.7 Å². The van der Waals surface area contributed by atoms with Gasteiger partial charge in [-0.15, -0.1) is 0 Å². The summed E-state index contributed by atoms with van der Waals surface area (Å²) in [7, 11) is 0. The molecule has 0 aromatic heterocycles. The van der Waals surface area contributed by atoms with Crippen molar-refractivity contribution in [2.45, 2.75) is 6.23 Å². The fourth-order valence-electron chi connectivity index (χ4n) is 1.28. The molecule has 1 saturated heterocycles. The van der Waals surface area contributed by atoms with Crippen LogP contribution in [0.25, 0.3) is 0 Å². The maximum Gasteiger partial charge on any atom is 0.110 e. The highest BCUT2D eigenvalue weighted by Crippen LogP contribution is 2.19. The Hall–Kier alpha value is -0.160. The van der Waals surface area contributed by atoms with Crippen LogP contribution in [0, 0.1) is 11.8 Å². The van der Waals surface area contributed by atoms with Crippen molar-refractivity contribution in [2.75, 3.05) is 19.8 Å². The Morgan fingerprint density at radius 3 is 2.40 bits per heavy atom. The largest absolute Gasteiger partial charge is 0.396 e. The van der Waals surface area contributed by atoms with Crippen LogP contribution < -0.4 is 5.32 Å². The summed E-state index contributed by atoms with van der Waals surface area (Å²) >= 11 is 0. The maximum atomic E-state index is 9.11. The fraction of sp³-hybridized carbons (Fsp3) is 1.00. The van der Waals surface area contributed by atoms with Gasteiger partial charge in [0.25, 0.3) is 0 Å². The van der Waals surface area contributed by atoms with Gasteiger partial charge in [0.15, 0.2) is 0 Å². The molecule has 4 N–H and O–H groups in total. The average molecular weight is 147 g/mol. The number of nitrogens with one attached hydrogen (secondary N) is 1. The monoisotopic (exact) mass is 147 g/mol. The van der Waals surface area contributed by atoms with Gasteiger partial charge in [0, 0.05) is 25.0 Å². The van der Waals surface area contributed by atoms with Crippen LogP contribution >= 0.6 is 0 Å². The lowest BCUT2D eigenvalue weighted by atomic mass is 9.97. The lowest BCUT2D eigenvalue weighted by Gasteiger charge is -2.15. The molecule has 1 rings (SSSR count). The minimum absolute atomic E-state index is 0.000000000000000444. The predicted octanol–water partition coefficient (Wildman–Crippen LogP) is -1.87. The van der Waals surface area contributed by atoms with Gasteiger partial charge in [0.1, 0.15) is 6.23 Å². The molecule has 60 valence electrons. The zero-order chi connectivity index (χ0) is 7.56. The Bertz CT molecular complexity index is 109. The van der Waals surface area contributed by atoms with E-state index in [2.05, 4.69) is 5.32 Å². The summed E-state index contributed by atoms with van der Waals surface area (Å²) in [5.41, 5.74) is 0. The van der Waals surface area contributed by atoms with Crippen molar-refractivity contribution in [3.63, 3.8) is 0 Å². The van der Waals surface area contributed by atoms with Crippen molar-refractivity contribution in [3.8, 4) is 0 Å². The van der Waals surface area contributed by atoms with Crippen molar-refractivity contribution in [1.82, 2.24) is 5.32 Å². The molecule has 0 radical (unpaired) electrons. The maximum absolute atomic E-state index is 9.11. The summed E-state index contributed by atoms with van der Waals surface area (Å²) in [6.45, 7) is 0.539. The number of rotatable bonds is 2. The van der Waals surface area contributed by atoms with E-state index < -0.39 is 6.23 Å². The fourth-order valence-corrected chi connectivity index (χ4v) is 1.28. The third kappa shape index (κ3) is 1.29. The molecule has 0 aromatic carbocycles. The molecule has 0 spiro atoms. The first kappa shape index (κ1) is 7.94. The zero-order valence-corrected chi connectivity index (χ0v) is 5.70. The molecule has 10 heavy (non-hydrogen) atoms. The Labute approximate surface area is 59.5 Å². The van der Waals surface area contributed by atoms with Crippen LogP contribution in [0.5, 0.6) is 0 Å². The van der Waals surface area contributed by atoms with Gasteiger partial charge in [0.2, 0.25) is 0 Å². The highest BCUT2D eigenvalue weighted by Gasteiger charge is 2.33. The summed E-state index contributed by atoms with van der Waals surface area (Å²) < 4.78 is 0. The number of hydrogen-bond donors (Lipinski definition) is 4. The van der Waals surface area contributed by atoms with Gasteiger partial charge >= 0.3 is 0 Å². The van der Waals surface area contributed by atoms with Crippen LogP contribution in [-0.2, 0) is 0 Å². The van der Waals surface area contributed by atoms with E-state index in [9.17, 15) is 0 Å². The average Bonchev–Trinajstić information content (AvgIpc) is 2.30. The first-order valence-corrected chi connectivity index (χ1v) is 3.42. The second-order valence-corrected chi connectivity index (χ2v) is 2.64. The zero-order valence-electron chi connectivity index (χ0n) is 5.70. The minimum Gasteiger partial charge on any atom is -0.396 e. The summed E-state index contributed by atoms with van der Waals surface area (Å²) in [5.74, 6) is -0.204. The second kappa shape index (κ2) is 3.30. The van der Waals surface area contributed by atoms with Crippen LogP contribution in [0.15, 0.2) is 0 Å². The molecular formula is C6H13NO3. The van der Waals surface area contributed by atoms with Crippen molar-refractivity contribution >= 4 is 0 Å². The first-order chi connectivity index (χ1) is 4.79. The summed E-state index contributed by atoms with van der Waals surface area (Å²) in [6.07, 6.45) is -0.651. The van der Waals surface area contributed by atoms with Gasteiger partial charge in [-0.1, -0.05) is 0 Å². The lowest BCUT2D eigenvalue weighted by molar-refractivity contribution is 0.0482. The second-order valence-electron chi connectivity index (χ2n) is 2.64. The molecule has 1 heterocycles. The molecule has 0 saturated carbocycles. The highest BCUT2D eigenvalue weighted by molar-refractivity contribution is 4.83. The van der Waals surface area contributed by atoms with Crippen molar-refractivity contribution in [1.29, 1.82) is 0 Å². The normalized spacial score (nSPS) is 40.5. The first-order valence-electron chi connectivity index (χ1n) is 3.42. The smallest absolute Gasteiger partial charge is 0.110 e.